The molecule has 0 saturated carbocycles. The number of carbonyl (C=O) groups excluding carboxylic acids is 6. The van der Waals surface area contributed by atoms with Gasteiger partial charge in [0.15, 0.2) is 11.6 Å². The molecule has 17 nitrogen and oxygen atoms in total. The number of ether oxygens (including phenoxy) is 2. The summed E-state index contributed by atoms with van der Waals surface area (Å²) < 4.78 is 11.3. The summed E-state index contributed by atoms with van der Waals surface area (Å²) in [6.45, 7) is 21.5. The lowest BCUT2D eigenvalue weighted by molar-refractivity contribution is -0.940. The van der Waals surface area contributed by atoms with Gasteiger partial charge in [0.05, 0.1) is 20.0 Å². The maximum Gasteiger partial charge on any atom is 0.408 e. The van der Waals surface area contributed by atoms with Crippen LogP contribution in [-0.2, 0) is 46.4 Å². The van der Waals surface area contributed by atoms with E-state index in [0.717, 1.165) is 22.5 Å². The molecule has 386 valence electrons. The minimum absolute atomic E-state index is 0.0916. The number of thiazole rings is 1. The largest absolute Gasteiger partial charge is 0.481 e. The van der Waals surface area contributed by atoms with Crippen LogP contribution < -0.4 is 21.3 Å². The van der Waals surface area contributed by atoms with E-state index in [0.29, 0.717) is 30.1 Å². The molecule has 2 aromatic carbocycles. The van der Waals surface area contributed by atoms with E-state index < -0.39 is 77.2 Å². The zero-order valence-corrected chi connectivity index (χ0v) is 44.6. The Morgan fingerprint density at radius 1 is 0.843 bits per heavy atom. The molecule has 3 rings (SSSR count). The Morgan fingerprint density at radius 2 is 1.46 bits per heavy atom. The normalized spacial score (nSPS) is 15.0. The number of nitrogens with zero attached hydrogens (tertiary/aromatic N) is 3. The number of quaternary nitrogens is 1. The van der Waals surface area contributed by atoms with Gasteiger partial charge in [-0.2, -0.15) is 0 Å². The Hall–Kier alpha value is -5.88. The fourth-order valence-electron chi connectivity index (χ4n) is 7.72. The Morgan fingerprint density at radius 3 is 2.00 bits per heavy atom. The molecule has 70 heavy (non-hydrogen) atoms. The molecule has 7 atom stereocenters. The number of aromatic nitrogens is 1. The summed E-state index contributed by atoms with van der Waals surface area (Å²) >= 11 is 1.15. The van der Waals surface area contributed by atoms with E-state index >= 15 is 0 Å². The van der Waals surface area contributed by atoms with Crippen LogP contribution in [0, 0.1) is 17.8 Å². The fraction of sp³-hybridized carbons (Fsp3) is 0.577. The molecular weight excluding hydrogens is 915 g/mol. The van der Waals surface area contributed by atoms with Crippen LogP contribution in [0.15, 0.2) is 60.0 Å². The first kappa shape index (κ1) is 58.4. The molecule has 0 fully saturated rings. The Bertz CT molecular complexity index is 2260. The minimum atomic E-state index is -1.04. The molecule has 0 radical (unpaired) electrons. The standard InChI is InChI=1S/C52H77N7O10S/c1-16-32(4)43(57-49(66)52(11,12)59(14,15)29-37-22-24-38(25-23-37)54-44(61)34(6)53-50(67)69-51(8,9)10)47(63)58(13)41(31(2)3)28-42(68-35(7)60)46-56-40(30-70-46)45(62)55-39(26-33(5)48(64)65)27-36-20-18-17-19-21-36/h17-25,30-34,39,41-43H,16,26-29H2,1-15H3,(H4-,53,54,55,57,61,62,64,65,66,67)/p+1/t32-,33-,34-,39+,41+,42+,43-/m0/s1. The second kappa shape index (κ2) is 25.3. The summed E-state index contributed by atoms with van der Waals surface area (Å²) in [4.78, 5) is 98.3. The van der Waals surface area contributed by atoms with E-state index in [-0.39, 0.29) is 46.7 Å². The summed E-state index contributed by atoms with van der Waals surface area (Å²) in [6, 6.07) is 14.0. The molecule has 0 spiro atoms. The third kappa shape index (κ3) is 17.2. The van der Waals surface area contributed by atoms with Crippen LogP contribution in [0.2, 0.25) is 0 Å². The molecule has 5 N–H and O–H groups in total. The van der Waals surface area contributed by atoms with Crippen LogP contribution in [0.3, 0.4) is 0 Å². The monoisotopic (exact) mass is 993 g/mol. The van der Waals surface area contributed by atoms with Gasteiger partial charge in [0.2, 0.25) is 11.8 Å². The van der Waals surface area contributed by atoms with Gasteiger partial charge in [-0.15, -0.1) is 11.3 Å². The van der Waals surface area contributed by atoms with Crippen molar-refractivity contribution in [1.82, 2.24) is 25.8 Å². The SMILES string of the molecule is CC[C@H](C)[C@H](NC(=O)C(C)(C)[N+](C)(C)Cc1ccc(NC(=O)[C@H](C)NC(=O)OC(C)(C)C)cc1)C(=O)N(C)[C@H](C[C@@H](OC(C)=O)c1nc(C(=O)N[C@@H](Cc2ccccc2)C[C@H](C)C(=O)O)cs1)C(C)C. The van der Waals surface area contributed by atoms with Crippen LogP contribution in [0.5, 0.6) is 0 Å². The number of esters is 1. The molecule has 0 saturated heterocycles. The number of hydrogen-bond acceptors (Lipinski definition) is 11. The van der Waals surface area contributed by atoms with Gasteiger partial charge in [0.1, 0.15) is 34.9 Å². The second-order valence-electron chi connectivity index (χ2n) is 20.8. The van der Waals surface area contributed by atoms with Crippen LogP contribution >= 0.6 is 11.3 Å². The number of carbonyl (C=O) groups is 7. The van der Waals surface area contributed by atoms with Crippen molar-refractivity contribution in [2.24, 2.45) is 17.8 Å². The molecule has 0 aliphatic rings. The Labute approximate surface area is 418 Å². The predicted octanol–water partition coefficient (Wildman–Crippen LogP) is 7.51. The number of rotatable bonds is 24. The van der Waals surface area contributed by atoms with Gasteiger partial charge in [-0.05, 0) is 83.9 Å². The van der Waals surface area contributed by atoms with Crippen molar-refractivity contribution in [2.75, 3.05) is 26.5 Å². The molecule has 18 heteroatoms. The zero-order valence-electron chi connectivity index (χ0n) is 43.8. The Balaban J connectivity index is 1.78. The number of hydrogen-bond donors (Lipinski definition) is 5. The highest BCUT2D eigenvalue weighted by Gasteiger charge is 2.46. The number of aliphatic carboxylic acids is 1. The van der Waals surface area contributed by atoms with Crippen molar-refractivity contribution in [3.05, 3.63) is 81.8 Å². The zero-order chi connectivity index (χ0) is 52.9. The number of likely N-dealkylation sites (N-methyl/N-ethyl adjacent to an activating group) is 2. The first-order valence-corrected chi connectivity index (χ1v) is 24.8. The van der Waals surface area contributed by atoms with Crippen molar-refractivity contribution in [2.45, 2.75) is 157 Å². The third-order valence-corrected chi connectivity index (χ3v) is 13.8. The quantitative estimate of drug-likeness (QED) is 0.0437. The van der Waals surface area contributed by atoms with Gasteiger partial charge in [-0.25, -0.2) is 9.78 Å². The lowest BCUT2D eigenvalue weighted by Crippen LogP contribution is -2.66. The van der Waals surface area contributed by atoms with Gasteiger partial charge in [-0.1, -0.05) is 83.5 Å². The number of nitrogens with one attached hydrogen (secondary N) is 4. The number of benzene rings is 2. The van der Waals surface area contributed by atoms with Gasteiger partial charge in [-0.3, -0.25) is 28.8 Å². The molecule has 5 amide bonds. The summed E-state index contributed by atoms with van der Waals surface area (Å²) in [5.41, 5.74) is 0.705. The molecule has 0 aliphatic carbocycles. The summed E-state index contributed by atoms with van der Waals surface area (Å²) in [7, 11) is 5.55. The Kier molecular flexibility index (Phi) is 21.1. The molecule has 0 aliphatic heterocycles. The third-order valence-electron chi connectivity index (χ3n) is 12.9. The highest BCUT2D eigenvalue weighted by molar-refractivity contribution is 7.09. The maximum absolute atomic E-state index is 14.7. The summed E-state index contributed by atoms with van der Waals surface area (Å²) in [5, 5.41) is 23.0. The van der Waals surface area contributed by atoms with E-state index in [1.807, 2.05) is 98.1 Å². The maximum atomic E-state index is 14.7. The molecule has 1 aromatic heterocycles. The second-order valence-corrected chi connectivity index (χ2v) is 21.7. The van der Waals surface area contributed by atoms with Crippen molar-refractivity contribution in [3.63, 3.8) is 0 Å². The number of anilines is 1. The van der Waals surface area contributed by atoms with Gasteiger partial charge >= 0.3 is 18.0 Å². The minimum Gasteiger partial charge on any atom is -0.481 e. The molecule has 1 heterocycles. The average Bonchev–Trinajstić information content (AvgIpc) is 3.77. The lowest BCUT2D eigenvalue weighted by atomic mass is 9.91. The van der Waals surface area contributed by atoms with Crippen LogP contribution in [0.1, 0.15) is 135 Å². The molecule has 0 unspecified atom stereocenters. The van der Waals surface area contributed by atoms with Gasteiger partial charge in [0.25, 0.3) is 11.8 Å². The summed E-state index contributed by atoms with van der Waals surface area (Å²) in [6.07, 6.45) is -0.249. The van der Waals surface area contributed by atoms with Crippen LogP contribution in [0.25, 0.3) is 0 Å². The smallest absolute Gasteiger partial charge is 0.408 e. The number of carboxylic acids is 1. The molecule has 0 bridgehead atoms. The predicted molar refractivity (Wildman–Crippen MR) is 271 cm³/mol. The first-order valence-electron chi connectivity index (χ1n) is 24.0. The topological polar surface area (TPSA) is 222 Å². The number of carboxylic acid groups (broad SMARTS) is 1. The van der Waals surface area contributed by atoms with E-state index in [1.54, 1.807) is 64.1 Å². The van der Waals surface area contributed by atoms with Crippen molar-refractivity contribution in [1.29, 1.82) is 0 Å². The van der Waals surface area contributed by atoms with E-state index in [2.05, 4.69) is 26.3 Å². The van der Waals surface area contributed by atoms with Crippen LogP contribution in [-0.4, -0.2) is 118 Å². The van der Waals surface area contributed by atoms with Crippen molar-refractivity contribution >= 4 is 58.7 Å². The van der Waals surface area contributed by atoms with Crippen molar-refractivity contribution < 1.29 is 52.6 Å². The fourth-order valence-corrected chi connectivity index (χ4v) is 8.56. The highest BCUT2D eigenvalue weighted by Crippen LogP contribution is 2.32. The molecule has 3 aromatic rings. The van der Waals surface area contributed by atoms with E-state index in [4.69, 9.17) is 9.47 Å². The number of alkyl carbamates (subject to hydrolysis) is 1. The van der Waals surface area contributed by atoms with Gasteiger partial charge in [0, 0.05) is 49.1 Å². The average molecular weight is 993 g/mol. The van der Waals surface area contributed by atoms with E-state index in [9.17, 15) is 38.7 Å². The first-order chi connectivity index (χ1) is 32.5. The van der Waals surface area contributed by atoms with Gasteiger partial charge < -0.3 is 45.2 Å². The summed E-state index contributed by atoms with van der Waals surface area (Å²) in [5.74, 6) is -4.18. The lowest BCUT2D eigenvalue weighted by Gasteiger charge is -2.44. The highest BCUT2D eigenvalue weighted by atomic mass is 32.1. The van der Waals surface area contributed by atoms with E-state index in [1.165, 1.54) is 6.92 Å². The molecular formula is C52H78N7O10S+. The van der Waals surface area contributed by atoms with Crippen LogP contribution in [0.4, 0.5) is 10.5 Å². The number of amides is 5. The van der Waals surface area contributed by atoms with Crippen molar-refractivity contribution in [3.8, 4) is 0 Å².